The lowest BCUT2D eigenvalue weighted by atomic mass is 9.87. The van der Waals surface area contributed by atoms with E-state index in [-0.39, 0.29) is 18.3 Å². The van der Waals surface area contributed by atoms with Gasteiger partial charge in [0.1, 0.15) is 0 Å². The van der Waals surface area contributed by atoms with Crippen LogP contribution in [0.2, 0.25) is 0 Å². The van der Waals surface area contributed by atoms with Crippen LogP contribution < -0.4 is 10.6 Å². The first-order valence-electron chi connectivity index (χ1n) is 7.30. The largest absolute Gasteiger partial charge is 0.384 e. The lowest BCUT2D eigenvalue weighted by molar-refractivity contribution is -0.127. The number of hydrogen-bond donors (Lipinski definition) is 2. The van der Waals surface area contributed by atoms with E-state index in [0.29, 0.717) is 13.2 Å². The lowest BCUT2D eigenvalue weighted by Crippen LogP contribution is -2.41. The summed E-state index contributed by atoms with van der Waals surface area (Å²) in [4.78, 5) is 14.7. The minimum atomic E-state index is -0.452. The molecule has 1 aromatic carbocycles. The molecule has 0 aliphatic carbocycles. The number of ether oxygens (including phenoxy) is 1. The minimum Gasteiger partial charge on any atom is -0.384 e. The number of amides is 1. The van der Waals surface area contributed by atoms with Gasteiger partial charge in [-0.25, -0.2) is 0 Å². The Balaban J connectivity index is 0.00000242. The molecule has 1 unspecified atom stereocenters. The highest BCUT2D eigenvalue weighted by Gasteiger charge is 2.41. The van der Waals surface area contributed by atoms with Gasteiger partial charge in [-0.1, -0.05) is 12.1 Å². The molecule has 1 atom stereocenters. The summed E-state index contributed by atoms with van der Waals surface area (Å²) in [7, 11) is 5.71. The third-order valence-electron chi connectivity index (χ3n) is 3.83. The summed E-state index contributed by atoms with van der Waals surface area (Å²) < 4.78 is 5.26. The normalized spacial score (nSPS) is 20.7. The van der Waals surface area contributed by atoms with Gasteiger partial charge < -0.3 is 20.3 Å². The molecule has 1 amide bonds. The Kier molecular flexibility index (Phi) is 7.29. The molecule has 0 saturated carbocycles. The molecule has 0 spiro atoms. The van der Waals surface area contributed by atoms with Gasteiger partial charge in [0, 0.05) is 25.9 Å². The minimum absolute atomic E-state index is 0. The van der Waals surface area contributed by atoms with E-state index < -0.39 is 5.41 Å². The summed E-state index contributed by atoms with van der Waals surface area (Å²) in [6.45, 7) is 2.83. The number of nitrogens with zero attached hydrogens (tertiary/aromatic N) is 1. The molecule has 1 aliphatic heterocycles. The maximum atomic E-state index is 12.6. The standard InChI is InChI=1S/C16H25N3O2.ClH/c1-19(2)10-13-5-4-6-14(9-13)18-15(20)16(12-21-3)7-8-17-11-16;/h4-6,9,17H,7-8,10-12H2,1-3H3,(H,18,20);1H. The molecule has 1 saturated heterocycles. The van der Waals surface area contributed by atoms with Crippen molar-refractivity contribution in [2.24, 2.45) is 5.41 Å². The molecule has 1 fully saturated rings. The Morgan fingerprint density at radius 1 is 1.45 bits per heavy atom. The van der Waals surface area contributed by atoms with Gasteiger partial charge in [0.05, 0.1) is 12.0 Å². The van der Waals surface area contributed by atoms with Crippen LogP contribution in [0.5, 0.6) is 0 Å². The SMILES string of the molecule is COCC1(C(=O)Nc2cccc(CN(C)C)c2)CCNC1.Cl. The maximum Gasteiger partial charge on any atom is 0.234 e. The van der Waals surface area contributed by atoms with Crippen LogP contribution in [0.15, 0.2) is 24.3 Å². The van der Waals surface area contributed by atoms with Gasteiger partial charge in [0.2, 0.25) is 5.91 Å². The highest BCUT2D eigenvalue weighted by molar-refractivity contribution is 5.96. The van der Waals surface area contributed by atoms with Crippen LogP contribution in [0.1, 0.15) is 12.0 Å². The number of anilines is 1. The number of carbonyl (C=O) groups is 1. The van der Waals surface area contributed by atoms with E-state index in [4.69, 9.17) is 4.74 Å². The van der Waals surface area contributed by atoms with Gasteiger partial charge in [0.25, 0.3) is 0 Å². The zero-order chi connectivity index (χ0) is 15.3. The molecule has 6 heteroatoms. The summed E-state index contributed by atoms with van der Waals surface area (Å²) in [6, 6.07) is 8.00. The lowest BCUT2D eigenvalue weighted by Gasteiger charge is -2.26. The number of rotatable bonds is 6. The zero-order valence-electron chi connectivity index (χ0n) is 13.5. The van der Waals surface area contributed by atoms with Crippen LogP contribution in [0.25, 0.3) is 0 Å². The molecule has 1 aromatic rings. The van der Waals surface area contributed by atoms with E-state index in [1.807, 2.05) is 32.3 Å². The Bertz CT molecular complexity index is 488. The summed E-state index contributed by atoms with van der Waals surface area (Å²) in [5.41, 5.74) is 1.58. The van der Waals surface area contributed by atoms with Gasteiger partial charge in [-0.05, 0) is 44.8 Å². The summed E-state index contributed by atoms with van der Waals surface area (Å²) in [5, 5.41) is 6.30. The number of carbonyl (C=O) groups excluding carboxylic acids is 1. The molecule has 1 aliphatic rings. The number of benzene rings is 1. The molecular formula is C16H26ClN3O2. The smallest absolute Gasteiger partial charge is 0.234 e. The fourth-order valence-corrected chi connectivity index (χ4v) is 2.78. The van der Waals surface area contributed by atoms with Crippen LogP contribution in [0.4, 0.5) is 5.69 Å². The van der Waals surface area contributed by atoms with Gasteiger partial charge >= 0.3 is 0 Å². The molecule has 1 heterocycles. The van der Waals surface area contributed by atoms with Crippen molar-refractivity contribution < 1.29 is 9.53 Å². The van der Waals surface area contributed by atoms with Crippen molar-refractivity contribution in [3.05, 3.63) is 29.8 Å². The predicted molar refractivity (Wildman–Crippen MR) is 91.5 cm³/mol. The van der Waals surface area contributed by atoms with Crippen LogP contribution >= 0.6 is 12.4 Å². The number of hydrogen-bond acceptors (Lipinski definition) is 4. The van der Waals surface area contributed by atoms with Crippen LogP contribution in [0.3, 0.4) is 0 Å². The highest BCUT2D eigenvalue weighted by Crippen LogP contribution is 2.28. The zero-order valence-corrected chi connectivity index (χ0v) is 14.3. The predicted octanol–water partition coefficient (Wildman–Crippen LogP) is 1.73. The quantitative estimate of drug-likeness (QED) is 0.835. The fourth-order valence-electron chi connectivity index (χ4n) is 2.78. The average molecular weight is 328 g/mol. The third kappa shape index (κ3) is 4.68. The monoisotopic (exact) mass is 327 g/mol. The van der Waals surface area contributed by atoms with E-state index in [2.05, 4.69) is 21.6 Å². The van der Waals surface area contributed by atoms with Gasteiger partial charge in [-0.2, -0.15) is 0 Å². The number of methoxy groups -OCH3 is 1. The molecule has 5 nitrogen and oxygen atoms in total. The Labute approximate surface area is 138 Å². The summed E-state index contributed by atoms with van der Waals surface area (Å²) in [6.07, 6.45) is 0.810. The van der Waals surface area contributed by atoms with E-state index in [1.165, 1.54) is 5.56 Å². The second-order valence-corrected chi connectivity index (χ2v) is 6.03. The molecule has 0 radical (unpaired) electrons. The molecule has 0 bridgehead atoms. The first-order valence-corrected chi connectivity index (χ1v) is 7.30. The maximum absolute atomic E-state index is 12.6. The van der Waals surface area contributed by atoms with E-state index in [0.717, 1.165) is 25.2 Å². The molecule has 2 rings (SSSR count). The molecule has 22 heavy (non-hydrogen) atoms. The van der Waals surface area contributed by atoms with Crippen molar-refractivity contribution in [3.8, 4) is 0 Å². The second kappa shape index (κ2) is 8.48. The van der Waals surface area contributed by atoms with Crippen molar-refractivity contribution in [1.82, 2.24) is 10.2 Å². The topological polar surface area (TPSA) is 53.6 Å². The van der Waals surface area contributed by atoms with Crippen molar-refractivity contribution in [2.75, 3.05) is 46.2 Å². The number of nitrogens with one attached hydrogen (secondary N) is 2. The molecule has 124 valence electrons. The van der Waals surface area contributed by atoms with Crippen LogP contribution in [-0.2, 0) is 16.1 Å². The molecular weight excluding hydrogens is 302 g/mol. The summed E-state index contributed by atoms with van der Waals surface area (Å²) in [5.74, 6) is 0.0383. The Morgan fingerprint density at radius 2 is 2.23 bits per heavy atom. The van der Waals surface area contributed by atoms with Crippen molar-refractivity contribution in [1.29, 1.82) is 0 Å². The molecule has 0 aromatic heterocycles. The summed E-state index contributed by atoms with van der Waals surface area (Å²) >= 11 is 0. The van der Waals surface area contributed by atoms with Gasteiger partial charge in [-0.3, -0.25) is 4.79 Å². The van der Waals surface area contributed by atoms with Crippen LogP contribution in [-0.4, -0.2) is 51.7 Å². The highest BCUT2D eigenvalue weighted by atomic mass is 35.5. The first-order chi connectivity index (χ1) is 10.1. The van der Waals surface area contributed by atoms with E-state index in [9.17, 15) is 4.79 Å². The average Bonchev–Trinajstić information content (AvgIpc) is 2.88. The van der Waals surface area contributed by atoms with Gasteiger partial charge in [-0.15, -0.1) is 12.4 Å². The molecule has 2 N–H and O–H groups in total. The van der Waals surface area contributed by atoms with E-state index in [1.54, 1.807) is 7.11 Å². The van der Waals surface area contributed by atoms with Crippen molar-refractivity contribution >= 4 is 24.0 Å². The van der Waals surface area contributed by atoms with Gasteiger partial charge in [0.15, 0.2) is 0 Å². The van der Waals surface area contributed by atoms with Crippen LogP contribution in [0, 0.1) is 5.41 Å². The second-order valence-electron chi connectivity index (χ2n) is 6.03. The fraction of sp³-hybridized carbons (Fsp3) is 0.562. The van der Waals surface area contributed by atoms with Crippen molar-refractivity contribution in [2.45, 2.75) is 13.0 Å². The first kappa shape index (κ1) is 18.9. The van der Waals surface area contributed by atoms with Crippen molar-refractivity contribution in [3.63, 3.8) is 0 Å². The Morgan fingerprint density at radius 3 is 2.82 bits per heavy atom. The number of halogens is 1. The third-order valence-corrected chi connectivity index (χ3v) is 3.83. The Hall–Kier alpha value is -1.14. The van der Waals surface area contributed by atoms with E-state index >= 15 is 0 Å².